The molecule has 42 heavy (non-hydrogen) atoms. The third kappa shape index (κ3) is 5.83. The van der Waals surface area contributed by atoms with Gasteiger partial charge in [-0.3, -0.25) is 19.5 Å². The first-order valence-electron chi connectivity index (χ1n) is 13.4. The van der Waals surface area contributed by atoms with Crippen molar-refractivity contribution in [3.05, 3.63) is 135 Å². The van der Waals surface area contributed by atoms with Gasteiger partial charge in [-0.15, -0.1) is 0 Å². The largest absolute Gasteiger partial charge is 0.497 e. The number of rotatable bonds is 9. The van der Waals surface area contributed by atoms with Crippen molar-refractivity contribution >= 4 is 28.3 Å². The van der Waals surface area contributed by atoms with E-state index >= 15 is 0 Å². The Morgan fingerprint density at radius 2 is 1.64 bits per heavy atom. The van der Waals surface area contributed by atoms with Gasteiger partial charge in [0.2, 0.25) is 0 Å². The minimum atomic E-state index is -0.623. The lowest BCUT2D eigenvalue weighted by molar-refractivity contribution is -0.384. The number of methoxy groups -OCH3 is 1. The van der Waals surface area contributed by atoms with Crippen LogP contribution >= 0.6 is 0 Å². The molecule has 1 heterocycles. The maximum Gasteiger partial charge on any atom is 0.322 e. The molecule has 0 saturated heterocycles. The number of nitrogens with one attached hydrogen (secondary N) is 1. The molecule has 10 nitrogen and oxygen atoms in total. The van der Waals surface area contributed by atoms with Gasteiger partial charge < -0.3 is 15.0 Å². The molecule has 0 aliphatic carbocycles. The topological polar surface area (TPSA) is 120 Å². The second kappa shape index (κ2) is 12.3. The van der Waals surface area contributed by atoms with Gasteiger partial charge in [-0.2, -0.15) is 0 Å². The summed E-state index contributed by atoms with van der Waals surface area (Å²) in [7, 11) is 1.57. The standard InChI is InChI=1S/C32H29N5O5/c1-3-29(30-34-28-12-8-7-11-27(28)31(38)36(30)24-17-19-26(42-2)20-18-24)35(21-22-9-5-4-6-10-22)32(39)33-23-13-15-25(16-14-23)37(40)41/h4-20,29H,3,21H2,1-2H3,(H,33,39). The predicted octanol–water partition coefficient (Wildman–Crippen LogP) is 6.49. The quantitative estimate of drug-likeness (QED) is 0.162. The molecule has 1 aromatic heterocycles. The van der Waals surface area contributed by atoms with Gasteiger partial charge in [0.1, 0.15) is 11.6 Å². The van der Waals surface area contributed by atoms with E-state index < -0.39 is 17.0 Å². The highest BCUT2D eigenvalue weighted by molar-refractivity contribution is 5.89. The third-order valence-corrected chi connectivity index (χ3v) is 6.98. The fourth-order valence-electron chi connectivity index (χ4n) is 4.86. The van der Waals surface area contributed by atoms with E-state index in [0.29, 0.717) is 40.3 Å². The normalized spacial score (nSPS) is 11.6. The number of amides is 2. The van der Waals surface area contributed by atoms with Crippen LogP contribution in [0.15, 0.2) is 108 Å². The van der Waals surface area contributed by atoms with Gasteiger partial charge in [-0.1, -0.05) is 49.4 Å². The third-order valence-electron chi connectivity index (χ3n) is 6.98. The first kappa shape index (κ1) is 28.0. The Kier molecular flexibility index (Phi) is 8.24. The summed E-state index contributed by atoms with van der Waals surface area (Å²) in [6.45, 7) is 2.16. The Morgan fingerprint density at radius 1 is 0.976 bits per heavy atom. The minimum Gasteiger partial charge on any atom is -0.497 e. The molecule has 212 valence electrons. The summed E-state index contributed by atoms with van der Waals surface area (Å²) in [5, 5.41) is 14.4. The maximum absolute atomic E-state index is 14.0. The zero-order chi connectivity index (χ0) is 29.6. The van der Waals surface area contributed by atoms with Crippen LogP contribution in [0, 0.1) is 10.1 Å². The highest BCUT2D eigenvalue weighted by Gasteiger charge is 2.29. The van der Waals surface area contributed by atoms with Crippen LogP contribution in [0.25, 0.3) is 16.6 Å². The number of aromatic nitrogens is 2. The Balaban J connectivity index is 1.64. The molecule has 0 saturated carbocycles. The van der Waals surface area contributed by atoms with Crippen molar-refractivity contribution in [1.82, 2.24) is 14.5 Å². The molecule has 4 aromatic carbocycles. The van der Waals surface area contributed by atoms with Crippen molar-refractivity contribution < 1.29 is 14.5 Å². The number of benzene rings is 4. The fourth-order valence-corrected chi connectivity index (χ4v) is 4.86. The molecule has 10 heteroatoms. The average molecular weight is 564 g/mol. The summed E-state index contributed by atoms with van der Waals surface area (Å²) in [4.78, 5) is 45.1. The summed E-state index contributed by atoms with van der Waals surface area (Å²) < 4.78 is 6.86. The number of nitrogens with zero attached hydrogens (tertiary/aromatic N) is 4. The number of para-hydroxylation sites is 1. The van der Waals surface area contributed by atoms with Crippen LogP contribution in [-0.2, 0) is 6.54 Å². The number of carbonyl (C=O) groups is 1. The lowest BCUT2D eigenvalue weighted by Crippen LogP contribution is -2.40. The van der Waals surface area contributed by atoms with E-state index in [1.54, 1.807) is 59.0 Å². The number of urea groups is 1. The van der Waals surface area contributed by atoms with E-state index in [2.05, 4.69) is 5.32 Å². The van der Waals surface area contributed by atoms with Crippen molar-refractivity contribution in [2.45, 2.75) is 25.9 Å². The van der Waals surface area contributed by atoms with Gasteiger partial charge in [0.15, 0.2) is 0 Å². The zero-order valence-corrected chi connectivity index (χ0v) is 23.1. The van der Waals surface area contributed by atoms with Crippen LogP contribution < -0.4 is 15.6 Å². The molecular formula is C32H29N5O5. The van der Waals surface area contributed by atoms with Crippen molar-refractivity contribution in [3.63, 3.8) is 0 Å². The molecule has 5 rings (SSSR count). The van der Waals surface area contributed by atoms with E-state index in [9.17, 15) is 19.7 Å². The number of nitro benzene ring substituents is 1. The molecule has 0 radical (unpaired) electrons. The number of hydrogen-bond acceptors (Lipinski definition) is 6. The number of nitro groups is 1. The molecule has 1 unspecified atom stereocenters. The Labute approximate surface area is 242 Å². The summed E-state index contributed by atoms with van der Waals surface area (Å²) in [5.74, 6) is 1.04. The van der Waals surface area contributed by atoms with Crippen LogP contribution in [-0.4, -0.2) is 32.5 Å². The number of carbonyl (C=O) groups excluding carboxylic acids is 1. The molecule has 0 spiro atoms. The molecule has 0 fully saturated rings. The molecule has 0 aliphatic heterocycles. The highest BCUT2D eigenvalue weighted by atomic mass is 16.6. The Morgan fingerprint density at radius 3 is 2.29 bits per heavy atom. The van der Waals surface area contributed by atoms with Gasteiger partial charge in [0.25, 0.3) is 11.2 Å². The summed E-state index contributed by atoms with van der Waals surface area (Å²) >= 11 is 0. The van der Waals surface area contributed by atoms with Gasteiger partial charge >= 0.3 is 6.03 Å². The minimum absolute atomic E-state index is 0.0792. The van der Waals surface area contributed by atoms with Crippen molar-refractivity contribution in [1.29, 1.82) is 0 Å². The SMILES string of the molecule is CCC(c1nc2ccccc2c(=O)n1-c1ccc(OC)cc1)N(Cc1ccccc1)C(=O)Nc1ccc([N+](=O)[O-])cc1. The van der Waals surface area contributed by atoms with Crippen molar-refractivity contribution in [2.24, 2.45) is 0 Å². The first-order valence-corrected chi connectivity index (χ1v) is 13.4. The van der Waals surface area contributed by atoms with Crippen LogP contribution in [0.4, 0.5) is 16.2 Å². The Hall–Kier alpha value is -5.51. The first-order chi connectivity index (χ1) is 20.4. The smallest absolute Gasteiger partial charge is 0.322 e. The average Bonchev–Trinajstić information content (AvgIpc) is 3.02. The second-order valence-electron chi connectivity index (χ2n) is 9.60. The fraction of sp³-hybridized carbons (Fsp3) is 0.156. The number of ether oxygens (including phenoxy) is 1. The van der Waals surface area contributed by atoms with Crippen LogP contribution in [0.2, 0.25) is 0 Å². The van der Waals surface area contributed by atoms with Crippen molar-refractivity contribution in [3.8, 4) is 11.4 Å². The molecule has 1 N–H and O–H groups in total. The van der Waals surface area contributed by atoms with Gasteiger partial charge in [-0.05, 0) is 60.5 Å². The molecule has 0 bridgehead atoms. The zero-order valence-electron chi connectivity index (χ0n) is 23.1. The molecule has 0 aliphatic rings. The molecule has 5 aromatic rings. The molecular weight excluding hydrogens is 534 g/mol. The van der Waals surface area contributed by atoms with Crippen LogP contribution in [0.5, 0.6) is 5.75 Å². The number of fused-ring (bicyclic) bond motifs is 1. The van der Waals surface area contributed by atoms with E-state index in [0.717, 1.165) is 5.56 Å². The predicted molar refractivity (Wildman–Crippen MR) is 161 cm³/mol. The molecule has 1 atom stereocenters. The number of non-ortho nitro benzene ring substituents is 1. The summed E-state index contributed by atoms with van der Waals surface area (Å²) in [6.07, 6.45) is 0.446. The van der Waals surface area contributed by atoms with Crippen LogP contribution in [0.3, 0.4) is 0 Å². The highest BCUT2D eigenvalue weighted by Crippen LogP contribution is 2.29. The van der Waals surface area contributed by atoms with E-state index in [4.69, 9.17) is 9.72 Å². The summed E-state index contributed by atoms with van der Waals surface area (Å²) in [5.41, 5.74) is 2.06. The lowest BCUT2D eigenvalue weighted by atomic mass is 10.1. The van der Waals surface area contributed by atoms with Crippen LogP contribution in [0.1, 0.15) is 30.8 Å². The second-order valence-corrected chi connectivity index (χ2v) is 9.60. The monoisotopic (exact) mass is 563 g/mol. The van der Waals surface area contributed by atoms with E-state index in [1.807, 2.05) is 43.3 Å². The van der Waals surface area contributed by atoms with Gasteiger partial charge in [0.05, 0.1) is 34.7 Å². The number of hydrogen-bond donors (Lipinski definition) is 1. The summed E-state index contributed by atoms with van der Waals surface area (Å²) in [6, 6.07) is 28.3. The Bertz CT molecular complexity index is 1770. The lowest BCUT2D eigenvalue weighted by Gasteiger charge is -2.32. The number of anilines is 1. The van der Waals surface area contributed by atoms with E-state index in [-0.39, 0.29) is 17.8 Å². The van der Waals surface area contributed by atoms with Gasteiger partial charge in [-0.25, -0.2) is 9.78 Å². The maximum atomic E-state index is 14.0. The molecule has 2 amide bonds. The van der Waals surface area contributed by atoms with Crippen molar-refractivity contribution in [2.75, 3.05) is 12.4 Å². The van der Waals surface area contributed by atoms with Gasteiger partial charge in [0, 0.05) is 24.4 Å². The van der Waals surface area contributed by atoms with E-state index in [1.165, 1.54) is 24.3 Å².